The van der Waals surface area contributed by atoms with Crippen LogP contribution in [0, 0.1) is 5.92 Å². The van der Waals surface area contributed by atoms with Gasteiger partial charge >= 0.3 is 6.18 Å². The molecule has 1 aromatic rings. The Balaban J connectivity index is 2.01. The van der Waals surface area contributed by atoms with E-state index >= 15 is 0 Å². The molecule has 0 amide bonds. The Kier molecular flexibility index (Phi) is 5.27. The average Bonchev–Trinajstić information content (AvgIpc) is 2.46. The molecule has 0 radical (unpaired) electrons. The highest BCUT2D eigenvalue weighted by atomic mass is 19.4. The third-order valence-electron chi connectivity index (χ3n) is 4.21. The molecule has 1 N–H and O–H groups in total. The van der Waals surface area contributed by atoms with Crippen molar-refractivity contribution in [3.63, 3.8) is 0 Å². The molecular weight excluding hydrogens is 279 g/mol. The van der Waals surface area contributed by atoms with Crippen molar-refractivity contribution in [3.8, 4) is 0 Å². The van der Waals surface area contributed by atoms with E-state index < -0.39 is 17.8 Å². The Morgan fingerprint density at radius 2 is 2.14 bits per heavy atom. The van der Waals surface area contributed by atoms with Crippen molar-refractivity contribution < 1.29 is 18.3 Å². The highest BCUT2D eigenvalue weighted by Gasteiger charge is 2.31. The summed E-state index contributed by atoms with van der Waals surface area (Å²) in [6.07, 6.45) is -1.84. The monoisotopic (exact) mass is 301 g/mol. The fourth-order valence-corrected chi connectivity index (χ4v) is 2.92. The zero-order valence-electron chi connectivity index (χ0n) is 12.2. The van der Waals surface area contributed by atoms with E-state index in [0.717, 1.165) is 38.1 Å². The first-order valence-electron chi connectivity index (χ1n) is 7.47. The van der Waals surface area contributed by atoms with Crippen LogP contribution >= 0.6 is 0 Å². The zero-order valence-corrected chi connectivity index (χ0v) is 12.2. The van der Waals surface area contributed by atoms with Crippen molar-refractivity contribution in [1.82, 2.24) is 4.90 Å². The average molecular weight is 301 g/mol. The number of halogens is 3. The smallest absolute Gasteiger partial charge is 0.387 e. The Morgan fingerprint density at radius 1 is 1.38 bits per heavy atom. The minimum atomic E-state index is -4.37. The summed E-state index contributed by atoms with van der Waals surface area (Å²) in [6, 6.07) is 4.99. The van der Waals surface area contributed by atoms with Crippen LogP contribution in [-0.4, -0.2) is 29.6 Å². The van der Waals surface area contributed by atoms with Crippen LogP contribution in [0.3, 0.4) is 0 Å². The van der Waals surface area contributed by atoms with Gasteiger partial charge in [0.25, 0.3) is 0 Å². The number of β-amino-alcohol motifs (C(OH)–C–C–N with tert-alkyl or cyclic N) is 1. The van der Waals surface area contributed by atoms with Crippen LogP contribution in [-0.2, 0) is 6.18 Å². The van der Waals surface area contributed by atoms with Gasteiger partial charge in [-0.3, -0.25) is 0 Å². The molecular formula is C16H22F3NO. The number of rotatable bonds is 4. The van der Waals surface area contributed by atoms with Gasteiger partial charge in [-0.25, -0.2) is 0 Å². The molecule has 118 valence electrons. The molecule has 0 bridgehead atoms. The lowest BCUT2D eigenvalue weighted by Gasteiger charge is -2.33. The summed E-state index contributed by atoms with van der Waals surface area (Å²) < 4.78 is 38.1. The number of aliphatic hydroxyl groups is 1. The van der Waals surface area contributed by atoms with Gasteiger partial charge in [-0.05, 0) is 43.0 Å². The van der Waals surface area contributed by atoms with E-state index in [4.69, 9.17) is 0 Å². The highest BCUT2D eigenvalue weighted by molar-refractivity contribution is 5.27. The quantitative estimate of drug-likeness (QED) is 0.913. The zero-order chi connectivity index (χ0) is 15.5. The minimum absolute atomic E-state index is 0.337. The molecule has 0 aliphatic carbocycles. The van der Waals surface area contributed by atoms with Gasteiger partial charge in [-0.2, -0.15) is 13.2 Å². The van der Waals surface area contributed by atoms with Crippen LogP contribution in [0.25, 0.3) is 0 Å². The second kappa shape index (κ2) is 6.79. The summed E-state index contributed by atoms with van der Waals surface area (Å²) in [5.74, 6) is 0.632. The predicted molar refractivity (Wildman–Crippen MR) is 75.9 cm³/mol. The summed E-state index contributed by atoms with van der Waals surface area (Å²) in [5.41, 5.74) is -0.368. The molecule has 1 heterocycles. The Hall–Kier alpha value is -1.07. The molecule has 2 rings (SSSR count). The van der Waals surface area contributed by atoms with Crippen molar-refractivity contribution in [2.75, 3.05) is 19.6 Å². The van der Waals surface area contributed by atoms with E-state index in [9.17, 15) is 18.3 Å². The van der Waals surface area contributed by atoms with Crippen LogP contribution in [0.1, 0.15) is 43.4 Å². The fraction of sp³-hybridized carbons (Fsp3) is 0.625. The van der Waals surface area contributed by atoms with E-state index in [-0.39, 0.29) is 0 Å². The summed E-state index contributed by atoms with van der Waals surface area (Å²) in [5, 5.41) is 10.2. The van der Waals surface area contributed by atoms with E-state index in [0.29, 0.717) is 18.0 Å². The van der Waals surface area contributed by atoms with E-state index in [1.54, 1.807) is 6.07 Å². The second-order valence-electron chi connectivity index (χ2n) is 5.82. The van der Waals surface area contributed by atoms with Gasteiger partial charge in [-0.15, -0.1) is 0 Å². The van der Waals surface area contributed by atoms with E-state index in [1.165, 1.54) is 12.5 Å². The summed E-state index contributed by atoms with van der Waals surface area (Å²) in [6.45, 7) is 4.38. The molecule has 5 heteroatoms. The molecule has 2 unspecified atom stereocenters. The number of nitrogens with zero attached hydrogens (tertiary/aromatic N) is 1. The summed E-state index contributed by atoms with van der Waals surface area (Å²) in [7, 11) is 0. The first-order chi connectivity index (χ1) is 9.90. The van der Waals surface area contributed by atoms with Gasteiger partial charge in [0.1, 0.15) is 0 Å². The van der Waals surface area contributed by atoms with Crippen LogP contribution in [0.2, 0.25) is 0 Å². The summed E-state index contributed by atoms with van der Waals surface area (Å²) >= 11 is 0. The van der Waals surface area contributed by atoms with Gasteiger partial charge in [0.05, 0.1) is 11.7 Å². The molecule has 0 spiro atoms. The third-order valence-corrected chi connectivity index (χ3v) is 4.21. The largest absolute Gasteiger partial charge is 0.416 e. The number of likely N-dealkylation sites (tertiary alicyclic amines) is 1. The Bertz CT molecular complexity index is 461. The van der Waals surface area contributed by atoms with Crippen molar-refractivity contribution >= 4 is 0 Å². The molecule has 1 saturated heterocycles. The molecule has 0 saturated carbocycles. The van der Waals surface area contributed by atoms with Gasteiger partial charge in [-0.1, -0.05) is 25.5 Å². The summed E-state index contributed by atoms with van der Waals surface area (Å²) in [4.78, 5) is 2.16. The maximum Gasteiger partial charge on any atom is 0.416 e. The minimum Gasteiger partial charge on any atom is -0.387 e. The van der Waals surface area contributed by atoms with Gasteiger partial charge in [0.15, 0.2) is 0 Å². The predicted octanol–water partition coefficient (Wildman–Crippen LogP) is 3.86. The maximum absolute atomic E-state index is 12.7. The molecule has 2 atom stereocenters. The van der Waals surface area contributed by atoms with Gasteiger partial charge in [0, 0.05) is 13.1 Å². The molecule has 21 heavy (non-hydrogen) atoms. The molecule has 0 aromatic heterocycles. The number of alkyl halides is 3. The molecule has 1 fully saturated rings. The lowest BCUT2D eigenvalue weighted by molar-refractivity contribution is -0.137. The number of piperidine rings is 1. The fourth-order valence-electron chi connectivity index (χ4n) is 2.92. The second-order valence-corrected chi connectivity index (χ2v) is 5.82. The van der Waals surface area contributed by atoms with Crippen molar-refractivity contribution in [3.05, 3.63) is 35.4 Å². The van der Waals surface area contributed by atoms with E-state index in [2.05, 4.69) is 11.8 Å². The number of hydrogen-bond acceptors (Lipinski definition) is 2. The SMILES string of the molecule is CCC1CCCN(CC(O)c2cccc(C(F)(F)F)c2)C1. The number of hydrogen-bond donors (Lipinski definition) is 1. The van der Waals surface area contributed by atoms with Crippen LogP contribution in [0.4, 0.5) is 13.2 Å². The number of aliphatic hydroxyl groups excluding tert-OH is 1. The molecule has 1 aliphatic rings. The first-order valence-corrected chi connectivity index (χ1v) is 7.47. The normalized spacial score (nSPS) is 22.2. The van der Waals surface area contributed by atoms with Crippen LogP contribution in [0.5, 0.6) is 0 Å². The maximum atomic E-state index is 12.7. The van der Waals surface area contributed by atoms with Gasteiger partial charge in [0.2, 0.25) is 0 Å². The standard InChI is InChI=1S/C16H22F3NO/c1-2-12-5-4-8-20(10-12)11-15(21)13-6-3-7-14(9-13)16(17,18)19/h3,6-7,9,12,15,21H,2,4-5,8,10-11H2,1H3. The number of benzene rings is 1. The van der Waals surface area contributed by atoms with E-state index in [1.807, 2.05) is 0 Å². The van der Waals surface area contributed by atoms with Crippen LogP contribution in [0.15, 0.2) is 24.3 Å². The van der Waals surface area contributed by atoms with Crippen molar-refractivity contribution in [1.29, 1.82) is 0 Å². The topological polar surface area (TPSA) is 23.5 Å². The lowest BCUT2D eigenvalue weighted by Crippen LogP contribution is -2.37. The Labute approximate surface area is 123 Å². The molecule has 1 aliphatic heterocycles. The third kappa shape index (κ3) is 4.45. The van der Waals surface area contributed by atoms with Gasteiger partial charge < -0.3 is 10.0 Å². The molecule has 2 nitrogen and oxygen atoms in total. The van der Waals surface area contributed by atoms with Crippen LogP contribution < -0.4 is 0 Å². The Morgan fingerprint density at radius 3 is 2.81 bits per heavy atom. The molecule has 1 aromatic carbocycles. The van der Waals surface area contributed by atoms with Crippen molar-refractivity contribution in [2.24, 2.45) is 5.92 Å². The first kappa shape index (κ1) is 16.3. The van der Waals surface area contributed by atoms with Crippen molar-refractivity contribution in [2.45, 2.75) is 38.5 Å². The highest BCUT2D eigenvalue weighted by Crippen LogP contribution is 2.31. The lowest BCUT2D eigenvalue weighted by atomic mass is 9.95.